The van der Waals surface area contributed by atoms with Gasteiger partial charge in [0.2, 0.25) is 11.6 Å². The molecule has 0 radical (unpaired) electrons. The van der Waals surface area contributed by atoms with E-state index >= 15 is 0 Å². The lowest BCUT2D eigenvalue weighted by molar-refractivity contribution is -0.135. The Morgan fingerprint density at radius 2 is 2.30 bits per heavy atom. The van der Waals surface area contributed by atoms with Crippen LogP contribution in [-0.4, -0.2) is 42.3 Å². The number of hydrogen-bond acceptors (Lipinski definition) is 8. The maximum absolute atomic E-state index is 11.7. The number of nitrogens with one attached hydrogen (secondary N) is 1. The molecule has 1 aromatic heterocycles. The van der Waals surface area contributed by atoms with E-state index in [2.05, 4.69) is 20.3 Å². The first kappa shape index (κ1) is 16.1. The van der Waals surface area contributed by atoms with Crippen molar-refractivity contribution >= 4 is 34.1 Å². The molecule has 8 nitrogen and oxygen atoms in total. The van der Waals surface area contributed by atoms with Crippen molar-refractivity contribution in [3.63, 3.8) is 0 Å². The number of nitrogens with two attached hydrogens (primary N) is 1. The van der Waals surface area contributed by atoms with Gasteiger partial charge in [-0.1, -0.05) is 5.16 Å². The Bertz CT molecular complexity index is 512. The summed E-state index contributed by atoms with van der Waals surface area (Å²) in [6, 6.07) is -0.653. The van der Waals surface area contributed by atoms with E-state index in [1.54, 1.807) is 19.2 Å². The Balaban J connectivity index is 2.90. The number of esters is 1. The van der Waals surface area contributed by atoms with E-state index in [1.807, 2.05) is 0 Å². The van der Waals surface area contributed by atoms with Gasteiger partial charge in [0.25, 0.3) is 0 Å². The van der Waals surface area contributed by atoms with Crippen LogP contribution in [0.2, 0.25) is 0 Å². The molecule has 0 aliphatic carbocycles. The van der Waals surface area contributed by atoms with Crippen molar-refractivity contribution in [2.75, 3.05) is 19.0 Å². The fraction of sp³-hybridized carbons (Fsp3) is 0.455. The van der Waals surface area contributed by atoms with Crippen molar-refractivity contribution in [1.29, 1.82) is 0 Å². The van der Waals surface area contributed by atoms with Gasteiger partial charge in [0.05, 0.1) is 12.6 Å². The Morgan fingerprint density at radius 1 is 1.60 bits per heavy atom. The first-order valence-corrected chi connectivity index (χ1v) is 6.68. The lowest BCUT2D eigenvalue weighted by Gasteiger charge is -2.04. The van der Waals surface area contributed by atoms with E-state index in [1.165, 1.54) is 7.11 Å². The Kier molecular flexibility index (Phi) is 6.07. The molecule has 0 bridgehead atoms. The van der Waals surface area contributed by atoms with E-state index in [9.17, 15) is 9.59 Å². The van der Waals surface area contributed by atoms with Gasteiger partial charge >= 0.3 is 5.97 Å². The van der Waals surface area contributed by atoms with E-state index in [0.29, 0.717) is 5.13 Å². The SMILES string of the molecule is CCOC(=O)/C(=N\OC)c1csc(NC(=O)[C@H](C)N)n1. The third-order valence-corrected chi connectivity index (χ3v) is 2.80. The van der Waals surface area contributed by atoms with Gasteiger partial charge in [-0.05, 0) is 13.8 Å². The van der Waals surface area contributed by atoms with E-state index < -0.39 is 12.0 Å². The predicted octanol–water partition coefficient (Wildman–Crippen LogP) is 0.342. The first-order valence-electron chi connectivity index (χ1n) is 5.80. The number of ether oxygens (including phenoxy) is 1. The highest BCUT2D eigenvalue weighted by Crippen LogP contribution is 2.17. The average molecular weight is 300 g/mol. The normalized spacial score (nSPS) is 12.7. The van der Waals surface area contributed by atoms with Crippen LogP contribution in [0.25, 0.3) is 0 Å². The van der Waals surface area contributed by atoms with Gasteiger partial charge in [-0.3, -0.25) is 4.79 Å². The topological polar surface area (TPSA) is 116 Å². The molecule has 20 heavy (non-hydrogen) atoms. The predicted molar refractivity (Wildman–Crippen MR) is 74.6 cm³/mol. The molecule has 110 valence electrons. The first-order chi connectivity index (χ1) is 9.49. The number of thiazole rings is 1. The van der Waals surface area contributed by atoms with E-state index in [-0.39, 0.29) is 23.9 Å². The molecular formula is C11H16N4O4S. The van der Waals surface area contributed by atoms with Crippen molar-refractivity contribution in [3.05, 3.63) is 11.1 Å². The number of rotatable bonds is 6. The van der Waals surface area contributed by atoms with Crippen LogP contribution in [0, 0.1) is 0 Å². The molecular weight excluding hydrogens is 284 g/mol. The minimum absolute atomic E-state index is 0.0631. The summed E-state index contributed by atoms with van der Waals surface area (Å²) in [5.41, 5.74) is 5.63. The number of nitrogens with zero attached hydrogens (tertiary/aromatic N) is 2. The average Bonchev–Trinajstić information content (AvgIpc) is 2.84. The van der Waals surface area contributed by atoms with Gasteiger partial charge < -0.3 is 20.6 Å². The second kappa shape index (κ2) is 7.56. The quantitative estimate of drug-likeness (QED) is 0.444. The summed E-state index contributed by atoms with van der Waals surface area (Å²) in [6.07, 6.45) is 0. The number of aromatic nitrogens is 1. The fourth-order valence-corrected chi connectivity index (χ4v) is 1.84. The number of oxime groups is 1. The van der Waals surface area contributed by atoms with Crippen molar-refractivity contribution < 1.29 is 19.2 Å². The van der Waals surface area contributed by atoms with Crippen LogP contribution >= 0.6 is 11.3 Å². The summed E-state index contributed by atoms with van der Waals surface area (Å²) in [5.74, 6) is -1.02. The lowest BCUT2D eigenvalue weighted by Crippen LogP contribution is -2.32. The molecule has 0 fully saturated rings. The maximum Gasteiger partial charge on any atom is 0.362 e. The van der Waals surface area contributed by atoms with Crippen LogP contribution < -0.4 is 11.1 Å². The molecule has 0 saturated carbocycles. The fourth-order valence-electron chi connectivity index (χ4n) is 1.14. The number of carbonyl (C=O) groups is 2. The summed E-state index contributed by atoms with van der Waals surface area (Å²) in [4.78, 5) is 31.8. The summed E-state index contributed by atoms with van der Waals surface area (Å²) < 4.78 is 4.85. The van der Waals surface area contributed by atoms with Crippen molar-refractivity contribution in [2.45, 2.75) is 19.9 Å². The second-order valence-corrected chi connectivity index (χ2v) is 4.52. The highest BCUT2D eigenvalue weighted by atomic mass is 32.1. The standard InChI is InChI=1S/C11H16N4O4S/c1-4-19-10(17)8(15-18-3)7-5-20-11(13-7)14-9(16)6(2)12/h5-6H,4,12H2,1-3H3,(H,13,14,16)/b15-8-/t6-/m0/s1. The summed E-state index contributed by atoms with van der Waals surface area (Å²) >= 11 is 1.14. The van der Waals surface area contributed by atoms with Crippen LogP contribution in [0.1, 0.15) is 19.5 Å². The van der Waals surface area contributed by atoms with Crippen LogP contribution in [0.4, 0.5) is 5.13 Å². The van der Waals surface area contributed by atoms with Gasteiger partial charge in [-0.25, -0.2) is 9.78 Å². The maximum atomic E-state index is 11.7. The zero-order valence-corrected chi connectivity index (χ0v) is 12.2. The number of amides is 1. The van der Waals surface area contributed by atoms with Crippen molar-refractivity contribution in [1.82, 2.24) is 4.98 Å². The number of carbonyl (C=O) groups excluding carboxylic acids is 2. The minimum Gasteiger partial charge on any atom is -0.461 e. The third kappa shape index (κ3) is 4.28. The third-order valence-electron chi connectivity index (χ3n) is 2.04. The Labute approximate surface area is 120 Å². The molecule has 1 amide bonds. The lowest BCUT2D eigenvalue weighted by atomic mass is 10.3. The van der Waals surface area contributed by atoms with Gasteiger partial charge in [-0.2, -0.15) is 0 Å². The molecule has 3 N–H and O–H groups in total. The van der Waals surface area contributed by atoms with Crippen LogP contribution in [0.3, 0.4) is 0 Å². The second-order valence-electron chi connectivity index (χ2n) is 3.66. The van der Waals surface area contributed by atoms with E-state index in [0.717, 1.165) is 11.3 Å². The molecule has 0 aromatic carbocycles. The van der Waals surface area contributed by atoms with Crippen LogP contribution in [-0.2, 0) is 19.2 Å². The summed E-state index contributed by atoms with van der Waals surface area (Å²) in [6.45, 7) is 3.44. The number of anilines is 1. The molecule has 0 aliphatic heterocycles. The summed E-state index contributed by atoms with van der Waals surface area (Å²) in [5, 5.41) is 7.99. The Morgan fingerprint density at radius 3 is 2.85 bits per heavy atom. The molecule has 1 aromatic rings. The van der Waals surface area contributed by atoms with Crippen LogP contribution in [0.5, 0.6) is 0 Å². The molecule has 1 atom stereocenters. The number of hydrogen-bond donors (Lipinski definition) is 2. The van der Waals surface area contributed by atoms with E-state index in [4.69, 9.17) is 10.5 Å². The van der Waals surface area contributed by atoms with Crippen molar-refractivity contribution in [2.24, 2.45) is 10.9 Å². The van der Waals surface area contributed by atoms with Gasteiger partial charge in [0.1, 0.15) is 12.8 Å². The molecule has 9 heteroatoms. The minimum atomic E-state index is -0.653. The van der Waals surface area contributed by atoms with Crippen LogP contribution in [0.15, 0.2) is 10.5 Å². The summed E-state index contributed by atoms with van der Waals surface area (Å²) in [7, 11) is 1.31. The largest absolute Gasteiger partial charge is 0.461 e. The molecule has 0 unspecified atom stereocenters. The molecule has 1 heterocycles. The van der Waals surface area contributed by atoms with Gasteiger partial charge in [-0.15, -0.1) is 11.3 Å². The highest BCUT2D eigenvalue weighted by Gasteiger charge is 2.20. The highest BCUT2D eigenvalue weighted by molar-refractivity contribution is 7.14. The van der Waals surface area contributed by atoms with Gasteiger partial charge in [0.15, 0.2) is 5.13 Å². The smallest absolute Gasteiger partial charge is 0.362 e. The molecule has 0 spiro atoms. The molecule has 1 rings (SSSR count). The van der Waals surface area contributed by atoms with Crippen molar-refractivity contribution in [3.8, 4) is 0 Å². The van der Waals surface area contributed by atoms with Gasteiger partial charge in [0, 0.05) is 5.38 Å². The zero-order chi connectivity index (χ0) is 15.1. The zero-order valence-electron chi connectivity index (χ0n) is 11.4. The Hall–Kier alpha value is -2.00. The molecule has 0 saturated heterocycles. The monoisotopic (exact) mass is 300 g/mol. The molecule has 0 aliphatic rings.